The first-order valence-corrected chi connectivity index (χ1v) is 8.26. The molecular weight excluding hydrogens is 300 g/mol. The molecule has 0 aliphatic rings. The fourth-order valence-corrected chi connectivity index (χ4v) is 2.67. The van der Waals surface area contributed by atoms with Crippen molar-refractivity contribution in [3.63, 3.8) is 0 Å². The molecule has 24 heavy (non-hydrogen) atoms. The molecule has 0 saturated heterocycles. The Morgan fingerprint density at radius 3 is 2.75 bits per heavy atom. The number of fused-ring (bicyclic) bond motifs is 1. The number of benzene rings is 1. The van der Waals surface area contributed by atoms with Crippen LogP contribution in [-0.4, -0.2) is 27.0 Å². The minimum atomic E-state index is -0.112. The number of amides is 1. The Labute approximate surface area is 141 Å². The van der Waals surface area contributed by atoms with E-state index in [4.69, 9.17) is 0 Å². The number of nitrogens with zero attached hydrogens (tertiary/aromatic N) is 3. The van der Waals surface area contributed by atoms with Gasteiger partial charge < -0.3 is 9.88 Å². The van der Waals surface area contributed by atoms with E-state index in [1.165, 1.54) is 5.56 Å². The fourth-order valence-electron chi connectivity index (χ4n) is 2.67. The molecule has 0 saturated carbocycles. The summed E-state index contributed by atoms with van der Waals surface area (Å²) in [5, 5.41) is 2.94. The molecule has 3 aromatic rings. The van der Waals surface area contributed by atoms with Gasteiger partial charge in [0.2, 0.25) is 0 Å². The van der Waals surface area contributed by atoms with Crippen LogP contribution in [-0.2, 0) is 13.0 Å². The van der Waals surface area contributed by atoms with Crippen LogP contribution in [0.4, 0.5) is 0 Å². The van der Waals surface area contributed by atoms with Gasteiger partial charge in [-0.1, -0.05) is 44.2 Å². The van der Waals surface area contributed by atoms with Crippen molar-refractivity contribution in [2.75, 3.05) is 6.54 Å². The Balaban J connectivity index is 1.64. The van der Waals surface area contributed by atoms with Crippen molar-refractivity contribution in [2.24, 2.45) is 5.92 Å². The molecule has 5 nitrogen and oxygen atoms in total. The Morgan fingerprint density at radius 2 is 2.00 bits per heavy atom. The van der Waals surface area contributed by atoms with Crippen LogP contribution < -0.4 is 5.32 Å². The second-order valence-corrected chi connectivity index (χ2v) is 6.35. The van der Waals surface area contributed by atoms with Crippen LogP contribution in [0, 0.1) is 5.92 Å². The van der Waals surface area contributed by atoms with Crippen molar-refractivity contribution < 1.29 is 4.79 Å². The van der Waals surface area contributed by atoms with E-state index >= 15 is 0 Å². The molecular formula is C19H22N4O. The molecule has 0 fully saturated rings. The van der Waals surface area contributed by atoms with E-state index in [0.29, 0.717) is 18.0 Å². The highest BCUT2D eigenvalue weighted by atomic mass is 16.1. The van der Waals surface area contributed by atoms with Gasteiger partial charge in [0, 0.05) is 19.3 Å². The predicted octanol–water partition coefficient (Wildman–Crippen LogP) is 3.06. The molecule has 3 rings (SSSR count). The summed E-state index contributed by atoms with van der Waals surface area (Å²) in [5.74, 6) is 0.406. The average Bonchev–Trinajstić information content (AvgIpc) is 2.97. The van der Waals surface area contributed by atoms with Crippen LogP contribution in [0.15, 0.2) is 48.9 Å². The second-order valence-electron chi connectivity index (χ2n) is 6.35. The van der Waals surface area contributed by atoms with E-state index in [-0.39, 0.29) is 5.91 Å². The first kappa shape index (κ1) is 16.2. The van der Waals surface area contributed by atoms with Crippen LogP contribution in [0.5, 0.6) is 0 Å². The maximum atomic E-state index is 12.3. The topological polar surface area (TPSA) is 59.8 Å². The van der Waals surface area contributed by atoms with Crippen molar-refractivity contribution in [2.45, 2.75) is 26.8 Å². The smallest absolute Gasteiger partial charge is 0.252 e. The van der Waals surface area contributed by atoms with Gasteiger partial charge in [-0.15, -0.1) is 0 Å². The summed E-state index contributed by atoms with van der Waals surface area (Å²) in [6, 6.07) is 11.9. The SMILES string of the molecule is CC(C)Cn1cnc2cc(C(=O)NCCc3ccccc3)cnc21. The number of pyridine rings is 1. The highest BCUT2D eigenvalue weighted by Gasteiger charge is 2.11. The highest BCUT2D eigenvalue weighted by Crippen LogP contribution is 2.13. The summed E-state index contributed by atoms with van der Waals surface area (Å²) in [6.07, 6.45) is 4.22. The van der Waals surface area contributed by atoms with Crippen molar-refractivity contribution in [3.8, 4) is 0 Å². The summed E-state index contributed by atoms with van der Waals surface area (Å²) in [6.45, 7) is 5.77. The van der Waals surface area contributed by atoms with Gasteiger partial charge in [-0.2, -0.15) is 0 Å². The van der Waals surface area contributed by atoms with Crippen LogP contribution in [0.2, 0.25) is 0 Å². The van der Waals surface area contributed by atoms with Gasteiger partial charge >= 0.3 is 0 Å². The number of carbonyl (C=O) groups excluding carboxylic acids is 1. The lowest BCUT2D eigenvalue weighted by atomic mass is 10.1. The van der Waals surface area contributed by atoms with Gasteiger partial charge in [0.15, 0.2) is 5.65 Å². The number of hydrogen-bond donors (Lipinski definition) is 1. The molecule has 2 aromatic heterocycles. The first-order valence-electron chi connectivity index (χ1n) is 8.26. The molecule has 0 aliphatic carbocycles. The van der Waals surface area contributed by atoms with E-state index in [2.05, 4.69) is 41.3 Å². The molecule has 0 unspecified atom stereocenters. The monoisotopic (exact) mass is 322 g/mol. The van der Waals surface area contributed by atoms with Gasteiger partial charge in [-0.25, -0.2) is 9.97 Å². The van der Waals surface area contributed by atoms with E-state index in [0.717, 1.165) is 24.1 Å². The van der Waals surface area contributed by atoms with Crippen molar-refractivity contribution >= 4 is 17.1 Å². The first-order chi connectivity index (χ1) is 11.6. The molecule has 1 N–H and O–H groups in total. The Morgan fingerprint density at radius 1 is 1.21 bits per heavy atom. The summed E-state index contributed by atoms with van der Waals surface area (Å²) in [5.41, 5.74) is 3.33. The predicted molar refractivity (Wildman–Crippen MR) is 94.8 cm³/mol. The summed E-state index contributed by atoms with van der Waals surface area (Å²) < 4.78 is 2.02. The Hall–Kier alpha value is -2.69. The fraction of sp³-hybridized carbons (Fsp3) is 0.316. The minimum Gasteiger partial charge on any atom is -0.352 e. The van der Waals surface area contributed by atoms with Crippen molar-refractivity contribution in [1.82, 2.24) is 19.9 Å². The summed E-state index contributed by atoms with van der Waals surface area (Å²) in [7, 11) is 0. The zero-order valence-corrected chi connectivity index (χ0v) is 14.1. The number of hydrogen-bond acceptors (Lipinski definition) is 3. The lowest BCUT2D eigenvalue weighted by Gasteiger charge is -2.07. The van der Waals surface area contributed by atoms with Crippen molar-refractivity contribution in [1.29, 1.82) is 0 Å². The third kappa shape index (κ3) is 3.79. The highest BCUT2D eigenvalue weighted by molar-refractivity contribution is 5.96. The Kier molecular flexibility index (Phi) is 4.89. The second kappa shape index (κ2) is 7.25. The van der Waals surface area contributed by atoms with E-state index < -0.39 is 0 Å². The summed E-state index contributed by atoms with van der Waals surface area (Å²) >= 11 is 0. The minimum absolute atomic E-state index is 0.112. The molecule has 0 radical (unpaired) electrons. The standard InChI is InChI=1S/C19H22N4O/c1-14(2)12-23-13-22-17-10-16(11-21-18(17)23)19(24)20-9-8-15-6-4-3-5-7-15/h3-7,10-11,13-14H,8-9,12H2,1-2H3,(H,20,24). The van der Waals surface area contributed by atoms with Crippen LogP contribution >= 0.6 is 0 Å². The lowest BCUT2D eigenvalue weighted by Crippen LogP contribution is -2.25. The molecule has 124 valence electrons. The summed E-state index contributed by atoms with van der Waals surface area (Å²) in [4.78, 5) is 21.1. The molecule has 0 atom stereocenters. The number of imidazole rings is 1. The zero-order valence-electron chi connectivity index (χ0n) is 14.1. The molecule has 0 bridgehead atoms. The number of carbonyl (C=O) groups is 1. The molecule has 1 amide bonds. The molecule has 1 aromatic carbocycles. The van der Waals surface area contributed by atoms with Crippen molar-refractivity contribution in [3.05, 3.63) is 60.0 Å². The van der Waals surface area contributed by atoms with Gasteiger partial charge in [0.05, 0.1) is 11.9 Å². The Bertz CT molecular complexity index is 824. The van der Waals surface area contributed by atoms with Gasteiger partial charge in [-0.3, -0.25) is 4.79 Å². The molecule has 0 aliphatic heterocycles. The molecule has 0 spiro atoms. The normalized spacial score (nSPS) is 11.1. The largest absolute Gasteiger partial charge is 0.352 e. The third-order valence-electron chi connectivity index (χ3n) is 3.82. The third-order valence-corrected chi connectivity index (χ3v) is 3.82. The molecule has 5 heteroatoms. The van der Waals surface area contributed by atoms with Gasteiger partial charge in [0.25, 0.3) is 5.91 Å². The molecule has 2 heterocycles. The van der Waals surface area contributed by atoms with Crippen LogP contribution in [0.25, 0.3) is 11.2 Å². The number of rotatable bonds is 6. The maximum Gasteiger partial charge on any atom is 0.252 e. The lowest BCUT2D eigenvalue weighted by molar-refractivity contribution is 0.0954. The van der Waals surface area contributed by atoms with E-state index in [9.17, 15) is 4.79 Å². The van der Waals surface area contributed by atoms with Crippen LogP contribution in [0.1, 0.15) is 29.8 Å². The maximum absolute atomic E-state index is 12.3. The number of nitrogens with one attached hydrogen (secondary N) is 1. The van der Waals surface area contributed by atoms with Gasteiger partial charge in [0.1, 0.15) is 5.52 Å². The number of aromatic nitrogens is 3. The quantitative estimate of drug-likeness (QED) is 0.759. The average molecular weight is 322 g/mol. The van der Waals surface area contributed by atoms with Crippen LogP contribution in [0.3, 0.4) is 0 Å². The van der Waals surface area contributed by atoms with Gasteiger partial charge in [-0.05, 0) is 24.0 Å². The van der Waals surface area contributed by atoms with E-state index in [1.807, 2.05) is 22.8 Å². The van der Waals surface area contributed by atoms with E-state index in [1.54, 1.807) is 18.6 Å². The zero-order chi connectivity index (χ0) is 16.9.